The van der Waals surface area contributed by atoms with E-state index < -0.39 is 0 Å². The first-order valence-corrected chi connectivity index (χ1v) is 10.2. The van der Waals surface area contributed by atoms with Crippen LogP contribution in [0.3, 0.4) is 0 Å². The third kappa shape index (κ3) is 3.46. The quantitative estimate of drug-likeness (QED) is 0.805. The van der Waals surface area contributed by atoms with Gasteiger partial charge in [0.05, 0.1) is 5.56 Å². The van der Waals surface area contributed by atoms with Crippen molar-refractivity contribution in [3.05, 3.63) is 47.7 Å². The summed E-state index contributed by atoms with van der Waals surface area (Å²) in [6, 6.07) is 11.7. The summed E-state index contributed by atoms with van der Waals surface area (Å²) in [4.78, 5) is 29.5. The normalized spacial score (nSPS) is 22.7. The predicted octanol–water partition coefficient (Wildman–Crippen LogP) is 4.12. The van der Waals surface area contributed by atoms with Crippen molar-refractivity contribution in [3.63, 3.8) is 0 Å². The third-order valence-corrected chi connectivity index (χ3v) is 6.20. The number of likely N-dealkylation sites (tertiary alicyclic amines) is 2. The fourth-order valence-corrected chi connectivity index (χ4v) is 4.75. The highest BCUT2D eigenvalue weighted by atomic mass is 16.3. The van der Waals surface area contributed by atoms with Crippen LogP contribution in [0.1, 0.15) is 48.7 Å². The SMILES string of the molecule is CCN1CC2(CCCN(C(=O)c3cc(C)oc3-c3ccccc3)C2)CCC1=O. The Morgan fingerprint density at radius 3 is 2.71 bits per heavy atom. The number of hydrogen-bond donors (Lipinski definition) is 0. The first-order chi connectivity index (χ1) is 13.5. The number of amides is 2. The Kier molecular flexibility index (Phi) is 5.00. The zero-order valence-electron chi connectivity index (χ0n) is 16.7. The molecule has 1 aromatic heterocycles. The van der Waals surface area contributed by atoms with Gasteiger partial charge in [0.2, 0.25) is 5.91 Å². The van der Waals surface area contributed by atoms with Gasteiger partial charge in [0, 0.05) is 43.6 Å². The first kappa shape index (κ1) is 18.8. The molecular weight excluding hydrogens is 352 g/mol. The average molecular weight is 380 g/mol. The maximum Gasteiger partial charge on any atom is 0.257 e. The van der Waals surface area contributed by atoms with E-state index in [-0.39, 0.29) is 17.2 Å². The fraction of sp³-hybridized carbons (Fsp3) is 0.478. The number of piperidine rings is 2. The molecule has 1 aromatic carbocycles. The lowest BCUT2D eigenvalue weighted by Gasteiger charge is -2.48. The van der Waals surface area contributed by atoms with E-state index in [9.17, 15) is 9.59 Å². The van der Waals surface area contributed by atoms with Crippen molar-refractivity contribution in [2.24, 2.45) is 5.41 Å². The van der Waals surface area contributed by atoms with E-state index in [0.29, 0.717) is 24.3 Å². The van der Waals surface area contributed by atoms with Crippen LogP contribution in [0.25, 0.3) is 11.3 Å². The first-order valence-electron chi connectivity index (χ1n) is 10.2. The lowest BCUT2D eigenvalue weighted by molar-refractivity contribution is -0.138. The van der Waals surface area contributed by atoms with E-state index in [1.54, 1.807) is 0 Å². The molecule has 2 aliphatic rings. The molecule has 0 saturated carbocycles. The molecule has 4 rings (SSSR count). The molecule has 0 N–H and O–H groups in total. The summed E-state index contributed by atoms with van der Waals surface area (Å²) in [7, 11) is 0. The van der Waals surface area contributed by atoms with Gasteiger partial charge in [-0.1, -0.05) is 30.3 Å². The van der Waals surface area contributed by atoms with Crippen molar-refractivity contribution in [1.29, 1.82) is 0 Å². The Bertz CT molecular complexity index is 873. The van der Waals surface area contributed by atoms with E-state index in [2.05, 4.69) is 0 Å². The number of carbonyl (C=O) groups excluding carboxylic acids is 2. The molecule has 2 aliphatic heterocycles. The topological polar surface area (TPSA) is 53.8 Å². The molecule has 2 saturated heterocycles. The van der Waals surface area contributed by atoms with Crippen molar-refractivity contribution >= 4 is 11.8 Å². The number of hydrogen-bond acceptors (Lipinski definition) is 3. The molecule has 2 aromatic rings. The summed E-state index contributed by atoms with van der Waals surface area (Å²) in [5.74, 6) is 1.68. The van der Waals surface area contributed by atoms with Gasteiger partial charge in [0.1, 0.15) is 11.5 Å². The minimum absolute atomic E-state index is 0.0313. The number of nitrogens with zero attached hydrogens (tertiary/aromatic N) is 2. The Morgan fingerprint density at radius 2 is 1.96 bits per heavy atom. The average Bonchev–Trinajstić information content (AvgIpc) is 3.12. The van der Waals surface area contributed by atoms with Gasteiger partial charge in [-0.15, -0.1) is 0 Å². The predicted molar refractivity (Wildman–Crippen MR) is 108 cm³/mol. The van der Waals surface area contributed by atoms with Crippen molar-refractivity contribution in [2.75, 3.05) is 26.2 Å². The van der Waals surface area contributed by atoms with E-state index in [4.69, 9.17) is 4.42 Å². The highest BCUT2D eigenvalue weighted by molar-refractivity contribution is 6.00. The molecule has 2 amide bonds. The molecule has 0 radical (unpaired) electrons. The molecule has 3 heterocycles. The standard InChI is InChI=1S/C23H28N2O3/c1-3-24-15-23(12-10-20(24)26)11-7-13-25(16-23)22(27)19-14-17(2)28-21(19)18-8-5-4-6-9-18/h4-6,8-9,14H,3,7,10-13,15-16H2,1-2H3. The molecule has 5 heteroatoms. The Labute approximate surface area is 166 Å². The van der Waals surface area contributed by atoms with Crippen LogP contribution in [-0.2, 0) is 4.79 Å². The highest BCUT2D eigenvalue weighted by Crippen LogP contribution is 2.40. The molecule has 28 heavy (non-hydrogen) atoms. The lowest BCUT2D eigenvalue weighted by atomic mass is 9.73. The van der Waals surface area contributed by atoms with Crippen molar-refractivity contribution in [3.8, 4) is 11.3 Å². The van der Waals surface area contributed by atoms with Crippen LogP contribution in [0.4, 0.5) is 0 Å². The van der Waals surface area contributed by atoms with Crippen LogP contribution < -0.4 is 0 Å². The van der Waals surface area contributed by atoms with E-state index >= 15 is 0 Å². The minimum atomic E-state index is 0.0313. The van der Waals surface area contributed by atoms with Crippen molar-refractivity contribution in [2.45, 2.75) is 39.5 Å². The summed E-state index contributed by atoms with van der Waals surface area (Å²) in [5, 5.41) is 0. The fourth-order valence-electron chi connectivity index (χ4n) is 4.75. The summed E-state index contributed by atoms with van der Waals surface area (Å²) in [6.07, 6.45) is 3.53. The van der Waals surface area contributed by atoms with Gasteiger partial charge in [-0.3, -0.25) is 9.59 Å². The summed E-state index contributed by atoms with van der Waals surface area (Å²) < 4.78 is 5.90. The second-order valence-electron chi connectivity index (χ2n) is 8.20. The summed E-state index contributed by atoms with van der Waals surface area (Å²) in [5.41, 5.74) is 1.59. The van der Waals surface area contributed by atoms with Gasteiger partial charge in [-0.2, -0.15) is 0 Å². The number of carbonyl (C=O) groups is 2. The van der Waals surface area contributed by atoms with Crippen molar-refractivity contribution in [1.82, 2.24) is 9.80 Å². The van der Waals surface area contributed by atoms with E-state index in [1.807, 2.05) is 60.0 Å². The van der Waals surface area contributed by atoms with E-state index in [0.717, 1.165) is 50.2 Å². The van der Waals surface area contributed by atoms with E-state index in [1.165, 1.54) is 0 Å². The second kappa shape index (κ2) is 7.46. The van der Waals surface area contributed by atoms with Gasteiger partial charge < -0.3 is 14.2 Å². The van der Waals surface area contributed by atoms with Gasteiger partial charge in [-0.05, 0) is 39.2 Å². The van der Waals surface area contributed by atoms with Gasteiger partial charge in [-0.25, -0.2) is 0 Å². The number of aryl methyl sites for hydroxylation is 1. The molecule has 5 nitrogen and oxygen atoms in total. The second-order valence-corrected chi connectivity index (χ2v) is 8.20. The molecule has 2 fully saturated rings. The van der Waals surface area contributed by atoms with Crippen LogP contribution in [0.2, 0.25) is 0 Å². The van der Waals surface area contributed by atoms with Crippen LogP contribution in [0, 0.1) is 12.3 Å². The van der Waals surface area contributed by atoms with Crippen LogP contribution in [-0.4, -0.2) is 47.8 Å². The van der Waals surface area contributed by atoms with Gasteiger partial charge in [0.15, 0.2) is 0 Å². The van der Waals surface area contributed by atoms with Crippen LogP contribution >= 0.6 is 0 Å². The molecular formula is C23H28N2O3. The summed E-state index contributed by atoms with van der Waals surface area (Å²) >= 11 is 0. The molecule has 1 spiro atoms. The lowest BCUT2D eigenvalue weighted by Crippen LogP contribution is -2.55. The molecule has 0 aliphatic carbocycles. The van der Waals surface area contributed by atoms with Crippen LogP contribution in [0.5, 0.6) is 0 Å². The van der Waals surface area contributed by atoms with Gasteiger partial charge >= 0.3 is 0 Å². The minimum Gasteiger partial charge on any atom is -0.461 e. The summed E-state index contributed by atoms with van der Waals surface area (Å²) in [6.45, 7) is 6.90. The number of rotatable bonds is 3. The van der Waals surface area contributed by atoms with Gasteiger partial charge in [0.25, 0.3) is 5.91 Å². The monoisotopic (exact) mass is 380 g/mol. The maximum atomic E-state index is 13.4. The zero-order chi connectivity index (χ0) is 19.7. The maximum absolute atomic E-state index is 13.4. The zero-order valence-corrected chi connectivity index (χ0v) is 16.7. The smallest absolute Gasteiger partial charge is 0.257 e. The molecule has 148 valence electrons. The third-order valence-electron chi connectivity index (χ3n) is 6.20. The molecule has 1 unspecified atom stereocenters. The molecule has 0 bridgehead atoms. The molecule has 1 atom stereocenters. The van der Waals surface area contributed by atoms with Crippen molar-refractivity contribution < 1.29 is 14.0 Å². The Hall–Kier alpha value is -2.56. The Morgan fingerprint density at radius 1 is 1.18 bits per heavy atom. The number of furan rings is 1. The largest absolute Gasteiger partial charge is 0.461 e. The number of benzene rings is 1. The highest BCUT2D eigenvalue weighted by Gasteiger charge is 2.42. The van der Waals surface area contributed by atoms with Crippen LogP contribution in [0.15, 0.2) is 40.8 Å². The Balaban J connectivity index is 1.59.